The van der Waals surface area contributed by atoms with Gasteiger partial charge >= 0.3 is 0 Å². The Kier molecular flexibility index (Phi) is 3.90. The van der Waals surface area contributed by atoms with Gasteiger partial charge in [0.05, 0.1) is 11.5 Å². The number of amides is 1. The van der Waals surface area contributed by atoms with Crippen LogP contribution in [0.25, 0.3) is 4.91 Å². The van der Waals surface area contributed by atoms with Gasteiger partial charge < -0.3 is 10.5 Å². The Morgan fingerprint density at radius 2 is 1.95 bits per heavy atom. The van der Waals surface area contributed by atoms with Crippen LogP contribution in [-0.2, 0) is 4.74 Å². The molecule has 4 heteroatoms. The van der Waals surface area contributed by atoms with Crippen LogP contribution in [0.1, 0.15) is 39.5 Å². The number of primary amides is 1. The van der Waals surface area contributed by atoms with Crippen molar-refractivity contribution in [3.8, 4) is 0 Å². The van der Waals surface area contributed by atoms with Crippen LogP contribution in [0, 0.1) is 20.8 Å². The van der Waals surface area contributed by atoms with Gasteiger partial charge in [-0.3, -0.25) is 4.79 Å². The Hall–Kier alpha value is -1.42. The maximum atomic E-state index is 11.6. The van der Waals surface area contributed by atoms with Gasteiger partial charge in [-0.25, -0.2) is 0 Å². The number of allylic oxidation sites excluding steroid dienone is 1. The molecule has 2 rings (SSSR count). The van der Waals surface area contributed by atoms with Gasteiger partial charge in [-0.05, 0) is 49.9 Å². The van der Waals surface area contributed by atoms with Crippen LogP contribution in [-0.4, -0.2) is 18.3 Å². The summed E-state index contributed by atoms with van der Waals surface area (Å²) < 4.78 is 5.63. The largest absolute Gasteiger partial charge is 0.496 e. The lowest BCUT2D eigenvalue weighted by molar-refractivity contribution is 0.0999. The lowest BCUT2D eigenvalue weighted by atomic mass is 9.92. The zero-order valence-electron chi connectivity index (χ0n) is 11.8. The van der Waals surface area contributed by atoms with Crippen molar-refractivity contribution in [2.45, 2.75) is 27.7 Å². The number of nitrogens with two attached hydrogens (primary N) is 1. The topological polar surface area (TPSA) is 52.3 Å². The molecule has 0 aromatic heterocycles. The molecule has 3 nitrogen and oxygen atoms in total. The molecule has 0 radical (unpaired) electrons. The Morgan fingerprint density at radius 1 is 1.26 bits per heavy atom. The average molecular weight is 277 g/mol. The molecule has 1 aromatic rings. The number of hydrogen-bond donors (Lipinski definition) is 1. The summed E-state index contributed by atoms with van der Waals surface area (Å²) in [5, 5.41) is 0. The predicted octanol–water partition coefficient (Wildman–Crippen LogP) is 3.16. The highest BCUT2D eigenvalue weighted by Crippen LogP contribution is 2.39. The quantitative estimate of drug-likeness (QED) is 0.903. The van der Waals surface area contributed by atoms with Gasteiger partial charge in [0.1, 0.15) is 5.76 Å². The monoisotopic (exact) mass is 277 g/mol. The fourth-order valence-corrected chi connectivity index (χ4v) is 3.76. The van der Waals surface area contributed by atoms with E-state index in [0.29, 0.717) is 5.56 Å². The highest BCUT2D eigenvalue weighted by atomic mass is 32.2. The number of carbonyl (C=O) groups excluding carboxylic acids is 1. The number of benzene rings is 1. The van der Waals surface area contributed by atoms with Crippen LogP contribution in [0.2, 0.25) is 0 Å². The molecule has 1 aromatic carbocycles. The van der Waals surface area contributed by atoms with Crippen LogP contribution >= 0.6 is 11.8 Å². The number of carbonyl (C=O) groups is 1. The molecule has 19 heavy (non-hydrogen) atoms. The van der Waals surface area contributed by atoms with E-state index >= 15 is 0 Å². The van der Waals surface area contributed by atoms with Gasteiger partial charge in [0.15, 0.2) is 0 Å². The summed E-state index contributed by atoms with van der Waals surface area (Å²) in [5.41, 5.74) is 10.3. The standard InChI is InChI=1S/C15H19NO2S/c1-8-7-9(2)13(15(16)17)10(3)12(8)14-11(4)18-5-6-19-14/h7H,5-6H2,1-4H3,(H2,16,17). The van der Waals surface area contributed by atoms with Crippen molar-refractivity contribution in [2.24, 2.45) is 5.73 Å². The van der Waals surface area contributed by atoms with E-state index in [1.807, 2.05) is 26.8 Å². The summed E-state index contributed by atoms with van der Waals surface area (Å²) >= 11 is 1.78. The van der Waals surface area contributed by atoms with Crippen molar-refractivity contribution in [2.75, 3.05) is 12.4 Å². The van der Waals surface area contributed by atoms with E-state index in [-0.39, 0.29) is 5.91 Å². The fraction of sp³-hybridized carbons (Fsp3) is 0.400. The molecule has 1 aliphatic rings. The Balaban J connectivity index is 2.70. The number of thioether (sulfide) groups is 1. The Morgan fingerprint density at radius 3 is 2.53 bits per heavy atom. The second kappa shape index (κ2) is 5.29. The van der Waals surface area contributed by atoms with Crippen molar-refractivity contribution in [3.05, 3.63) is 39.6 Å². The van der Waals surface area contributed by atoms with E-state index in [1.54, 1.807) is 11.8 Å². The molecule has 0 unspecified atom stereocenters. The molecule has 0 bridgehead atoms. The Labute approximate surface area is 118 Å². The van der Waals surface area contributed by atoms with Crippen LogP contribution in [0.15, 0.2) is 11.8 Å². The Bertz CT molecular complexity index is 576. The van der Waals surface area contributed by atoms with Crippen molar-refractivity contribution in [3.63, 3.8) is 0 Å². The lowest BCUT2D eigenvalue weighted by Gasteiger charge is -2.23. The molecular weight excluding hydrogens is 258 g/mol. The first-order chi connectivity index (χ1) is 8.93. The molecule has 0 atom stereocenters. The van der Waals surface area contributed by atoms with Crippen LogP contribution < -0.4 is 5.73 Å². The van der Waals surface area contributed by atoms with E-state index in [0.717, 1.165) is 45.3 Å². The van der Waals surface area contributed by atoms with Crippen LogP contribution in [0.4, 0.5) is 0 Å². The number of hydrogen-bond acceptors (Lipinski definition) is 3. The van der Waals surface area contributed by atoms with Gasteiger partial charge in [0.2, 0.25) is 5.91 Å². The molecule has 102 valence electrons. The fourth-order valence-electron chi connectivity index (χ4n) is 2.67. The van der Waals surface area contributed by atoms with E-state index in [1.165, 1.54) is 0 Å². The highest BCUT2D eigenvalue weighted by Gasteiger charge is 2.21. The van der Waals surface area contributed by atoms with Crippen LogP contribution in [0.3, 0.4) is 0 Å². The van der Waals surface area contributed by atoms with Gasteiger partial charge in [-0.1, -0.05) is 6.07 Å². The van der Waals surface area contributed by atoms with E-state index in [9.17, 15) is 4.79 Å². The van der Waals surface area contributed by atoms with Crippen LogP contribution in [0.5, 0.6) is 0 Å². The first kappa shape index (κ1) is 14.0. The molecule has 0 saturated carbocycles. The number of aryl methyl sites for hydroxylation is 2. The second-order valence-corrected chi connectivity index (χ2v) is 5.94. The molecule has 0 fully saturated rings. The van der Waals surface area contributed by atoms with Gasteiger partial charge in [-0.15, -0.1) is 11.8 Å². The zero-order valence-corrected chi connectivity index (χ0v) is 12.6. The number of rotatable bonds is 2. The zero-order chi connectivity index (χ0) is 14.2. The van der Waals surface area contributed by atoms with E-state index in [2.05, 4.69) is 6.92 Å². The maximum Gasteiger partial charge on any atom is 0.249 e. The summed E-state index contributed by atoms with van der Waals surface area (Å²) in [6.45, 7) is 8.67. The van der Waals surface area contributed by atoms with E-state index < -0.39 is 0 Å². The van der Waals surface area contributed by atoms with E-state index in [4.69, 9.17) is 10.5 Å². The van der Waals surface area contributed by atoms with Gasteiger partial charge in [-0.2, -0.15) is 0 Å². The minimum Gasteiger partial charge on any atom is -0.496 e. The molecule has 1 amide bonds. The molecular formula is C15H19NO2S. The molecule has 0 spiro atoms. The van der Waals surface area contributed by atoms with Crippen molar-refractivity contribution in [1.82, 2.24) is 0 Å². The predicted molar refractivity (Wildman–Crippen MR) is 80.2 cm³/mol. The number of ether oxygens (including phenoxy) is 1. The second-order valence-electron chi connectivity index (χ2n) is 4.83. The normalized spacial score (nSPS) is 15.4. The lowest BCUT2D eigenvalue weighted by Crippen LogP contribution is -2.17. The molecule has 2 N–H and O–H groups in total. The summed E-state index contributed by atoms with van der Waals surface area (Å²) in [7, 11) is 0. The van der Waals surface area contributed by atoms with Gasteiger partial charge in [0.25, 0.3) is 0 Å². The maximum absolute atomic E-state index is 11.6. The summed E-state index contributed by atoms with van der Waals surface area (Å²) in [6, 6.07) is 2.03. The van der Waals surface area contributed by atoms with Gasteiger partial charge in [0, 0.05) is 11.3 Å². The van der Waals surface area contributed by atoms with Crippen molar-refractivity contribution in [1.29, 1.82) is 0 Å². The van der Waals surface area contributed by atoms with Crippen molar-refractivity contribution < 1.29 is 9.53 Å². The third-order valence-corrected chi connectivity index (χ3v) is 4.56. The molecule has 0 aliphatic carbocycles. The third-order valence-electron chi connectivity index (χ3n) is 3.41. The minimum absolute atomic E-state index is 0.365. The minimum atomic E-state index is -0.365. The highest BCUT2D eigenvalue weighted by molar-refractivity contribution is 8.08. The third kappa shape index (κ3) is 2.50. The molecule has 1 aliphatic heterocycles. The SMILES string of the molecule is CC1=C(c2c(C)cc(C)c(C(N)=O)c2C)SCCO1. The molecule has 0 saturated heterocycles. The first-order valence-corrected chi connectivity index (χ1v) is 7.29. The average Bonchev–Trinajstić information content (AvgIpc) is 2.30. The summed E-state index contributed by atoms with van der Waals surface area (Å²) in [6.07, 6.45) is 0. The summed E-state index contributed by atoms with van der Waals surface area (Å²) in [4.78, 5) is 12.8. The summed E-state index contributed by atoms with van der Waals surface area (Å²) in [5.74, 6) is 1.50. The first-order valence-electron chi connectivity index (χ1n) is 6.31. The molecule has 1 heterocycles. The van der Waals surface area contributed by atoms with Crippen molar-refractivity contribution >= 4 is 22.6 Å². The smallest absolute Gasteiger partial charge is 0.249 e.